The van der Waals surface area contributed by atoms with Crippen LogP contribution in [0.3, 0.4) is 0 Å². The van der Waals surface area contributed by atoms with Crippen LogP contribution in [0.4, 0.5) is 5.82 Å². The second kappa shape index (κ2) is 10.4. The topological polar surface area (TPSA) is 36.3 Å². The fourth-order valence-electron chi connectivity index (χ4n) is 5.00. The van der Waals surface area contributed by atoms with E-state index in [1.54, 1.807) is 0 Å². The molecule has 2 aliphatic rings. The van der Waals surface area contributed by atoms with Crippen LogP contribution in [0.5, 0.6) is 0 Å². The van der Waals surface area contributed by atoms with Crippen LogP contribution in [-0.4, -0.2) is 64.9 Å². The molecule has 1 N–H and O–H groups in total. The molecule has 0 bridgehead atoms. The zero-order valence-electron chi connectivity index (χ0n) is 18.3. The summed E-state index contributed by atoms with van der Waals surface area (Å²) >= 11 is 0. The highest BCUT2D eigenvalue weighted by molar-refractivity contribution is 5.90. The largest absolute Gasteiger partial charge is 0.368 e. The summed E-state index contributed by atoms with van der Waals surface area (Å²) in [6.07, 6.45) is 10.6. The smallest absolute Gasteiger partial charge is 0.155 e. The number of rotatable bonds is 9. The third kappa shape index (κ3) is 5.52. The Morgan fingerprint density at radius 2 is 1.66 bits per heavy atom. The van der Waals surface area contributed by atoms with Gasteiger partial charge in [-0.1, -0.05) is 25.0 Å². The number of hydrogen-bond acceptors (Lipinski definition) is 4. The van der Waals surface area contributed by atoms with E-state index in [1.165, 1.54) is 95.0 Å². The van der Waals surface area contributed by atoms with Gasteiger partial charge in [-0.25, -0.2) is 0 Å². The van der Waals surface area contributed by atoms with Gasteiger partial charge in [-0.2, -0.15) is 5.10 Å². The molecular weight excluding hydrogens is 358 g/mol. The monoisotopic (exact) mass is 397 g/mol. The van der Waals surface area contributed by atoms with Gasteiger partial charge in [-0.05, 0) is 90.3 Å². The lowest BCUT2D eigenvalue weighted by Crippen LogP contribution is -2.38. The first-order valence-corrected chi connectivity index (χ1v) is 12.0. The molecule has 2 saturated heterocycles. The highest BCUT2D eigenvalue weighted by Crippen LogP contribution is 2.23. The van der Waals surface area contributed by atoms with Crippen molar-refractivity contribution in [3.8, 4) is 0 Å². The Hall–Kier alpha value is -1.59. The third-order valence-corrected chi connectivity index (χ3v) is 6.82. The maximum atomic E-state index is 4.95. The second-order valence-electron chi connectivity index (χ2n) is 9.01. The minimum absolute atomic E-state index is 0.653. The Labute approximate surface area is 176 Å². The average molecular weight is 398 g/mol. The number of likely N-dealkylation sites (tertiary alicyclic amines) is 2. The third-order valence-electron chi connectivity index (χ3n) is 6.82. The van der Waals surface area contributed by atoms with Gasteiger partial charge >= 0.3 is 0 Å². The summed E-state index contributed by atoms with van der Waals surface area (Å²) in [6.45, 7) is 10.7. The number of nitrogens with one attached hydrogen (secondary N) is 1. The van der Waals surface area contributed by atoms with Gasteiger partial charge in [0.15, 0.2) is 5.82 Å². The lowest BCUT2D eigenvalue weighted by Gasteiger charge is -2.32. The fraction of sp³-hybridized carbons (Fsp3) is 0.708. The Morgan fingerprint density at radius 3 is 2.45 bits per heavy atom. The van der Waals surface area contributed by atoms with Crippen LogP contribution in [0.25, 0.3) is 10.9 Å². The van der Waals surface area contributed by atoms with Crippen molar-refractivity contribution >= 4 is 16.7 Å². The van der Waals surface area contributed by atoms with Crippen LogP contribution in [0.15, 0.2) is 24.3 Å². The summed E-state index contributed by atoms with van der Waals surface area (Å²) in [7, 11) is 0. The number of aromatic nitrogens is 2. The summed E-state index contributed by atoms with van der Waals surface area (Å²) in [5.74, 6) is 1.06. The number of benzene rings is 1. The Bertz CT molecular complexity index is 743. The summed E-state index contributed by atoms with van der Waals surface area (Å²) in [5.41, 5.74) is 1.26. The molecule has 0 saturated carbocycles. The van der Waals surface area contributed by atoms with Crippen molar-refractivity contribution in [1.82, 2.24) is 19.6 Å². The summed E-state index contributed by atoms with van der Waals surface area (Å²) in [6, 6.07) is 9.34. The molecule has 1 aromatic carbocycles. The number of anilines is 1. The number of fused-ring (bicyclic) bond motifs is 1. The van der Waals surface area contributed by atoms with Crippen molar-refractivity contribution in [2.45, 2.75) is 70.9 Å². The van der Waals surface area contributed by atoms with E-state index < -0.39 is 0 Å². The van der Waals surface area contributed by atoms with E-state index in [-0.39, 0.29) is 0 Å². The van der Waals surface area contributed by atoms with E-state index in [9.17, 15) is 0 Å². The van der Waals surface area contributed by atoms with Crippen LogP contribution in [0.2, 0.25) is 0 Å². The molecule has 1 atom stereocenters. The zero-order valence-corrected chi connectivity index (χ0v) is 18.3. The lowest BCUT2D eigenvalue weighted by atomic mass is 10.1. The number of para-hydroxylation sites is 1. The van der Waals surface area contributed by atoms with Gasteiger partial charge in [0, 0.05) is 24.5 Å². The van der Waals surface area contributed by atoms with Gasteiger partial charge in [-0.15, -0.1) is 0 Å². The first-order chi connectivity index (χ1) is 14.3. The van der Waals surface area contributed by atoms with Crippen molar-refractivity contribution in [3.05, 3.63) is 24.3 Å². The van der Waals surface area contributed by atoms with Gasteiger partial charge in [0.25, 0.3) is 0 Å². The molecule has 0 radical (unpaired) electrons. The standard InChI is InChI=1S/C24H39N5/c1-21(28-18-8-3-9-19-28)13-14-25-24-22-11-4-5-12-23(22)29(26-24)20-10-17-27-15-6-2-7-16-27/h4-5,11-12,21H,2-3,6-10,13-20H2,1H3,(H,25,26). The zero-order chi connectivity index (χ0) is 19.9. The van der Waals surface area contributed by atoms with Crippen molar-refractivity contribution in [2.75, 3.05) is 44.6 Å². The minimum atomic E-state index is 0.653. The predicted octanol–water partition coefficient (Wildman–Crippen LogP) is 4.59. The molecule has 3 heterocycles. The lowest BCUT2D eigenvalue weighted by molar-refractivity contribution is 0.169. The van der Waals surface area contributed by atoms with Crippen molar-refractivity contribution in [1.29, 1.82) is 0 Å². The maximum absolute atomic E-state index is 4.95. The Kier molecular flexibility index (Phi) is 7.44. The molecule has 1 unspecified atom stereocenters. The molecule has 2 aromatic rings. The quantitative estimate of drug-likeness (QED) is 0.671. The molecule has 160 valence electrons. The number of nitrogens with zero attached hydrogens (tertiary/aromatic N) is 4. The van der Waals surface area contributed by atoms with Gasteiger partial charge in [0.05, 0.1) is 5.52 Å². The first-order valence-electron chi connectivity index (χ1n) is 12.0. The molecule has 0 amide bonds. The van der Waals surface area contributed by atoms with Gasteiger partial charge in [-0.3, -0.25) is 4.68 Å². The molecule has 4 rings (SSSR count). The fourth-order valence-corrected chi connectivity index (χ4v) is 5.00. The highest BCUT2D eigenvalue weighted by Gasteiger charge is 2.17. The number of piperidine rings is 2. The van der Waals surface area contributed by atoms with Gasteiger partial charge < -0.3 is 15.1 Å². The van der Waals surface area contributed by atoms with E-state index in [4.69, 9.17) is 5.10 Å². The van der Waals surface area contributed by atoms with Crippen molar-refractivity contribution < 1.29 is 0 Å². The maximum Gasteiger partial charge on any atom is 0.155 e. The van der Waals surface area contributed by atoms with Crippen molar-refractivity contribution in [3.63, 3.8) is 0 Å². The Balaban J connectivity index is 1.31. The molecule has 0 aliphatic carbocycles. The molecule has 2 fully saturated rings. The van der Waals surface area contributed by atoms with E-state index in [1.807, 2.05) is 0 Å². The summed E-state index contributed by atoms with van der Waals surface area (Å²) in [5, 5.41) is 9.86. The molecule has 5 heteroatoms. The molecular formula is C24H39N5. The first kappa shape index (κ1) is 20.7. The second-order valence-corrected chi connectivity index (χ2v) is 9.01. The minimum Gasteiger partial charge on any atom is -0.368 e. The molecule has 0 spiro atoms. The normalized spacial score (nSPS) is 20.2. The summed E-state index contributed by atoms with van der Waals surface area (Å²) in [4.78, 5) is 5.28. The summed E-state index contributed by atoms with van der Waals surface area (Å²) < 4.78 is 2.22. The van der Waals surface area contributed by atoms with E-state index in [2.05, 4.69) is 51.0 Å². The molecule has 29 heavy (non-hydrogen) atoms. The molecule has 5 nitrogen and oxygen atoms in total. The van der Waals surface area contributed by atoms with E-state index in [0.717, 1.165) is 18.9 Å². The van der Waals surface area contributed by atoms with Crippen LogP contribution >= 0.6 is 0 Å². The highest BCUT2D eigenvalue weighted by atomic mass is 15.3. The predicted molar refractivity (Wildman–Crippen MR) is 123 cm³/mol. The van der Waals surface area contributed by atoms with Gasteiger partial charge in [0.1, 0.15) is 0 Å². The SMILES string of the molecule is CC(CCNc1nn(CCCN2CCCCC2)c2ccccc12)N1CCCCC1. The van der Waals surface area contributed by atoms with Crippen LogP contribution in [-0.2, 0) is 6.54 Å². The van der Waals surface area contributed by atoms with Crippen LogP contribution < -0.4 is 5.32 Å². The number of hydrogen-bond donors (Lipinski definition) is 1. The van der Waals surface area contributed by atoms with Gasteiger partial charge in [0.2, 0.25) is 0 Å². The van der Waals surface area contributed by atoms with E-state index in [0.29, 0.717) is 6.04 Å². The average Bonchev–Trinajstić information content (AvgIpc) is 3.13. The molecule has 2 aliphatic heterocycles. The van der Waals surface area contributed by atoms with Crippen molar-refractivity contribution in [2.24, 2.45) is 0 Å². The van der Waals surface area contributed by atoms with Crippen LogP contribution in [0.1, 0.15) is 58.3 Å². The van der Waals surface area contributed by atoms with E-state index >= 15 is 0 Å². The number of aryl methyl sites for hydroxylation is 1. The Morgan fingerprint density at radius 1 is 0.931 bits per heavy atom. The van der Waals surface area contributed by atoms with Crippen LogP contribution in [0, 0.1) is 0 Å². The molecule has 1 aromatic heterocycles.